The molecule has 64 valence electrons. The monoisotopic (exact) mass is 159 g/mol. The van der Waals surface area contributed by atoms with Gasteiger partial charge in [0, 0.05) is 13.5 Å². The van der Waals surface area contributed by atoms with Gasteiger partial charge in [0.2, 0.25) is 5.91 Å². The molecule has 1 saturated heterocycles. The van der Waals surface area contributed by atoms with Crippen LogP contribution in [0.15, 0.2) is 0 Å². The number of carbonyl (C=O) groups excluding carboxylic acids is 1. The predicted molar refractivity (Wildman–Crippen MR) is 40.9 cm³/mol. The van der Waals surface area contributed by atoms with Crippen LogP contribution in [0, 0.1) is 5.92 Å². The number of alkyl halides is 1. The lowest BCUT2D eigenvalue weighted by atomic mass is 9.97. The van der Waals surface area contributed by atoms with Crippen LogP contribution in [0.5, 0.6) is 0 Å². The summed E-state index contributed by atoms with van der Waals surface area (Å²) in [5, 5.41) is 0. The fourth-order valence-corrected chi connectivity index (χ4v) is 1.31. The molecule has 1 aliphatic rings. The minimum atomic E-state index is -0.826. The van der Waals surface area contributed by atoms with E-state index in [4.69, 9.17) is 0 Å². The van der Waals surface area contributed by atoms with Crippen LogP contribution in [0.4, 0.5) is 4.39 Å². The minimum absolute atomic E-state index is 0.0143. The number of rotatable bonds is 0. The van der Waals surface area contributed by atoms with E-state index in [0.29, 0.717) is 0 Å². The Morgan fingerprint density at radius 3 is 2.73 bits per heavy atom. The van der Waals surface area contributed by atoms with Gasteiger partial charge in [-0.05, 0) is 12.3 Å². The Kier molecular flexibility index (Phi) is 2.47. The fraction of sp³-hybridized carbons (Fsp3) is 0.875. The van der Waals surface area contributed by atoms with Crippen LogP contribution in [0.1, 0.15) is 20.3 Å². The van der Waals surface area contributed by atoms with Crippen molar-refractivity contribution < 1.29 is 9.18 Å². The number of hydrogen-bond acceptors (Lipinski definition) is 1. The van der Waals surface area contributed by atoms with E-state index in [1.807, 2.05) is 6.92 Å². The topological polar surface area (TPSA) is 20.3 Å². The number of halogens is 1. The van der Waals surface area contributed by atoms with Crippen molar-refractivity contribution in [2.45, 2.75) is 26.4 Å². The number of nitrogens with zero attached hydrogens (tertiary/aromatic N) is 1. The van der Waals surface area contributed by atoms with Gasteiger partial charge in [-0.15, -0.1) is 0 Å². The molecule has 0 N–H and O–H groups in total. The fourth-order valence-electron chi connectivity index (χ4n) is 1.31. The van der Waals surface area contributed by atoms with E-state index in [9.17, 15) is 9.18 Å². The van der Waals surface area contributed by atoms with E-state index >= 15 is 0 Å². The van der Waals surface area contributed by atoms with Gasteiger partial charge in [-0.3, -0.25) is 4.79 Å². The van der Waals surface area contributed by atoms with Crippen LogP contribution < -0.4 is 0 Å². The van der Waals surface area contributed by atoms with Crippen molar-refractivity contribution in [2.24, 2.45) is 5.92 Å². The third-order valence-corrected chi connectivity index (χ3v) is 2.31. The molecule has 0 saturated carbocycles. The van der Waals surface area contributed by atoms with E-state index in [-0.39, 0.29) is 18.4 Å². The van der Waals surface area contributed by atoms with Crippen LogP contribution in [-0.4, -0.2) is 30.1 Å². The number of amides is 1. The van der Waals surface area contributed by atoms with Crippen molar-refractivity contribution in [2.75, 3.05) is 13.1 Å². The third-order valence-electron chi connectivity index (χ3n) is 2.31. The summed E-state index contributed by atoms with van der Waals surface area (Å²) in [5.41, 5.74) is 0. The number of hydrogen-bond donors (Lipinski definition) is 0. The van der Waals surface area contributed by atoms with Gasteiger partial charge in [-0.2, -0.15) is 0 Å². The summed E-state index contributed by atoms with van der Waals surface area (Å²) in [7, 11) is 0. The molecular weight excluding hydrogens is 145 g/mol. The zero-order valence-corrected chi connectivity index (χ0v) is 7.01. The van der Waals surface area contributed by atoms with Gasteiger partial charge in [0.15, 0.2) is 0 Å². The van der Waals surface area contributed by atoms with Crippen LogP contribution in [0.2, 0.25) is 0 Å². The molecule has 2 nitrogen and oxygen atoms in total. The molecule has 1 heterocycles. The molecule has 0 aliphatic carbocycles. The second-order valence-electron chi connectivity index (χ2n) is 3.25. The van der Waals surface area contributed by atoms with Crippen LogP contribution in [0.3, 0.4) is 0 Å². The maximum atomic E-state index is 13.0. The first kappa shape index (κ1) is 8.50. The standard InChI is InChI=1S/C8H14FNO/c1-6-3-4-10(7(2)11)5-8(6)9/h6,8H,3-5H2,1-2H3. The highest BCUT2D eigenvalue weighted by Crippen LogP contribution is 2.19. The van der Waals surface area contributed by atoms with Crippen LogP contribution in [0.25, 0.3) is 0 Å². The number of carbonyl (C=O) groups is 1. The molecule has 2 atom stereocenters. The molecule has 11 heavy (non-hydrogen) atoms. The Labute approximate surface area is 66.4 Å². The van der Waals surface area contributed by atoms with Gasteiger partial charge < -0.3 is 4.90 Å². The largest absolute Gasteiger partial charge is 0.340 e. The first-order valence-electron chi connectivity index (χ1n) is 4.01. The van der Waals surface area contributed by atoms with Crippen LogP contribution >= 0.6 is 0 Å². The van der Waals surface area contributed by atoms with E-state index in [0.717, 1.165) is 13.0 Å². The van der Waals surface area contributed by atoms with Crippen molar-refractivity contribution in [3.8, 4) is 0 Å². The quantitative estimate of drug-likeness (QED) is 0.520. The van der Waals surface area contributed by atoms with Crippen molar-refractivity contribution in [1.29, 1.82) is 0 Å². The highest BCUT2D eigenvalue weighted by Gasteiger charge is 2.26. The lowest BCUT2D eigenvalue weighted by Gasteiger charge is -2.32. The third kappa shape index (κ3) is 1.91. The molecule has 0 radical (unpaired) electrons. The van der Waals surface area contributed by atoms with Gasteiger partial charge >= 0.3 is 0 Å². The first-order chi connectivity index (χ1) is 5.11. The van der Waals surface area contributed by atoms with Gasteiger partial charge in [0.25, 0.3) is 0 Å². The molecule has 0 spiro atoms. The second-order valence-corrected chi connectivity index (χ2v) is 3.25. The number of piperidine rings is 1. The van der Waals surface area contributed by atoms with Crippen molar-refractivity contribution in [3.63, 3.8) is 0 Å². The van der Waals surface area contributed by atoms with Gasteiger partial charge in [0.05, 0.1) is 6.54 Å². The normalized spacial score (nSPS) is 32.1. The minimum Gasteiger partial charge on any atom is -0.340 e. The molecular formula is C8H14FNO. The molecule has 0 aromatic carbocycles. The van der Waals surface area contributed by atoms with E-state index < -0.39 is 6.17 Å². The summed E-state index contributed by atoms with van der Waals surface area (Å²) >= 11 is 0. The lowest BCUT2D eigenvalue weighted by molar-refractivity contribution is -0.131. The summed E-state index contributed by atoms with van der Waals surface area (Å²) in [6, 6.07) is 0. The molecule has 3 heteroatoms. The van der Waals surface area contributed by atoms with Gasteiger partial charge in [-0.1, -0.05) is 6.92 Å². The zero-order chi connectivity index (χ0) is 8.43. The summed E-state index contributed by atoms with van der Waals surface area (Å²) < 4.78 is 13.0. The highest BCUT2D eigenvalue weighted by atomic mass is 19.1. The molecule has 1 fully saturated rings. The molecule has 1 amide bonds. The average molecular weight is 159 g/mol. The Hall–Kier alpha value is -0.600. The Bertz CT molecular complexity index is 160. The summed E-state index contributed by atoms with van der Waals surface area (Å²) in [6.45, 7) is 4.39. The zero-order valence-electron chi connectivity index (χ0n) is 7.01. The van der Waals surface area contributed by atoms with Crippen molar-refractivity contribution in [3.05, 3.63) is 0 Å². The summed E-state index contributed by atoms with van der Waals surface area (Å²) in [4.78, 5) is 12.4. The van der Waals surface area contributed by atoms with Crippen molar-refractivity contribution in [1.82, 2.24) is 4.90 Å². The number of likely N-dealkylation sites (tertiary alicyclic amines) is 1. The lowest BCUT2D eigenvalue weighted by Crippen LogP contribution is -2.43. The maximum Gasteiger partial charge on any atom is 0.219 e. The molecule has 2 unspecified atom stereocenters. The Morgan fingerprint density at radius 1 is 1.64 bits per heavy atom. The molecule has 1 aliphatic heterocycles. The maximum absolute atomic E-state index is 13.0. The Balaban J connectivity index is 2.46. The molecule has 0 aromatic heterocycles. The van der Waals surface area contributed by atoms with Crippen LogP contribution in [-0.2, 0) is 4.79 Å². The Morgan fingerprint density at radius 2 is 2.27 bits per heavy atom. The molecule has 0 aromatic rings. The highest BCUT2D eigenvalue weighted by molar-refractivity contribution is 5.73. The smallest absolute Gasteiger partial charge is 0.219 e. The SMILES string of the molecule is CC(=O)N1CCC(C)C(F)C1. The van der Waals surface area contributed by atoms with Gasteiger partial charge in [-0.25, -0.2) is 4.39 Å². The summed E-state index contributed by atoms with van der Waals surface area (Å²) in [6.07, 6.45) is -0.0338. The predicted octanol–water partition coefficient (Wildman–Crippen LogP) is 1.21. The average Bonchev–Trinajstić information content (AvgIpc) is 1.94. The first-order valence-corrected chi connectivity index (χ1v) is 4.01. The second kappa shape index (κ2) is 3.20. The van der Waals surface area contributed by atoms with Crippen molar-refractivity contribution >= 4 is 5.91 Å². The summed E-state index contributed by atoms with van der Waals surface area (Å²) in [5.74, 6) is 0.102. The van der Waals surface area contributed by atoms with E-state index in [1.54, 1.807) is 4.90 Å². The van der Waals surface area contributed by atoms with Gasteiger partial charge in [0.1, 0.15) is 6.17 Å². The van der Waals surface area contributed by atoms with E-state index in [1.165, 1.54) is 6.92 Å². The molecule has 0 bridgehead atoms. The molecule has 1 rings (SSSR count). The van der Waals surface area contributed by atoms with E-state index in [2.05, 4.69) is 0 Å².